The van der Waals surface area contributed by atoms with E-state index >= 15 is 0 Å². The highest BCUT2D eigenvalue weighted by molar-refractivity contribution is 6.27. The molecule has 1 N–H and O–H groups in total. The number of ketones is 2. The third kappa shape index (κ3) is 4.81. The SMILES string of the molecule is CCCCCCCCCCCC1=C(C)C(=O)c2cccc(O)c2C1=O. The number of rotatable bonds is 10. The number of hydrogen-bond acceptors (Lipinski definition) is 3. The first-order valence-electron chi connectivity index (χ1n) is 9.69. The molecule has 0 fully saturated rings. The Morgan fingerprint density at radius 2 is 1.44 bits per heavy atom. The average molecular weight is 342 g/mol. The van der Waals surface area contributed by atoms with Crippen LogP contribution in [0.3, 0.4) is 0 Å². The third-order valence-corrected chi connectivity index (χ3v) is 5.11. The van der Waals surface area contributed by atoms with Crippen molar-refractivity contribution in [2.45, 2.75) is 78.1 Å². The molecule has 0 bridgehead atoms. The summed E-state index contributed by atoms with van der Waals surface area (Å²) >= 11 is 0. The summed E-state index contributed by atoms with van der Waals surface area (Å²) in [6.07, 6.45) is 11.6. The maximum Gasteiger partial charge on any atom is 0.193 e. The lowest BCUT2D eigenvalue weighted by molar-refractivity contribution is 0.0969. The van der Waals surface area contributed by atoms with E-state index in [-0.39, 0.29) is 22.9 Å². The zero-order valence-electron chi connectivity index (χ0n) is 15.6. The Bertz CT molecular complexity index is 655. The number of hydrogen-bond donors (Lipinski definition) is 1. The van der Waals surface area contributed by atoms with Crippen LogP contribution in [-0.4, -0.2) is 16.7 Å². The number of benzene rings is 1. The smallest absolute Gasteiger partial charge is 0.193 e. The van der Waals surface area contributed by atoms with E-state index in [2.05, 4.69) is 6.92 Å². The quantitative estimate of drug-likeness (QED) is 0.530. The normalized spacial score (nSPS) is 14.2. The zero-order valence-corrected chi connectivity index (χ0v) is 15.6. The Hall–Kier alpha value is -1.90. The van der Waals surface area contributed by atoms with Crippen LogP contribution >= 0.6 is 0 Å². The molecule has 0 saturated heterocycles. The fraction of sp³-hybridized carbons (Fsp3) is 0.545. The summed E-state index contributed by atoms with van der Waals surface area (Å²) in [6, 6.07) is 4.70. The largest absolute Gasteiger partial charge is 0.507 e. The summed E-state index contributed by atoms with van der Waals surface area (Å²) in [4.78, 5) is 25.2. The van der Waals surface area contributed by atoms with E-state index in [0.717, 1.165) is 12.8 Å². The summed E-state index contributed by atoms with van der Waals surface area (Å²) in [7, 11) is 0. The number of carbonyl (C=O) groups excluding carboxylic acids is 2. The molecule has 0 spiro atoms. The molecule has 2 rings (SSSR count). The van der Waals surface area contributed by atoms with Crippen molar-refractivity contribution in [3.05, 3.63) is 40.5 Å². The van der Waals surface area contributed by atoms with E-state index in [1.165, 1.54) is 51.0 Å². The van der Waals surface area contributed by atoms with Crippen molar-refractivity contribution in [1.29, 1.82) is 0 Å². The van der Waals surface area contributed by atoms with Gasteiger partial charge in [-0.15, -0.1) is 0 Å². The highest BCUT2D eigenvalue weighted by atomic mass is 16.3. The lowest BCUT2D eigenvalue weighted by atomic mass is 9.82. The van der Waals surface area contributed by atoms with Crippen LogP contribution < -0.4 is 0 Å². The van der Waals surface area contributed by atoms with Crippen LogP contribution in [0.1, 0.15) is 98.8 Å². The molecule has 1 aromatic rings. The van der Waals surface area contributed by atoms with E-state index in [1.54, 1.807) is 19.1 Å². The van der Waals surface area contributed by atoms with Crippen molar-refractivity contribution >= 4 is 11.6 Å². The Morgan fingerprint density at radius 1 is 0.840 bits per heavy atom. The van der Waals surface area contributed by atoms with Gasteiger partial charge >= 0.3 is 0 Å². The number of fused-ring (bicyclic) bond motifs is 1. The average Bonchev–Trinajstić information content (AvgIpc) is 2.60. The summed E-state index contributed by atoms with van der Waals surface area (Å²) in [5, 5.41) is 9.98. The monoisotopic (exact) mass is 342 g/mol. The van der Waals surface area contributed by atoms with Gasteiger partial charge in [-0.3, -0.25) is 9.59 Å². The molecule has 3 heteroatoms. The maximum atomic E-state index is 12.7. The summed E-state index contributed by atoms with van der Waals surface area (Å²) in [5.41, 5.74) is 1.65. The van der Waals surface area contributed by atoms with Crippen molar-refractivity contribution in [2.75, 3.05) is 0 Å². The first-order valence-corrected chi connectivity index (χ1v) is 9.69. The van der Waals surface area contributed by atoms with Crippen LogP contribution in [0.2, 0.25) is 0 Å². The number of Topliss-reactive ketones (excluding diaryl/α,β-unsaturated/α-hetero) is 2. The van der Waals surface area contributed by atoms with Crippen molar-refractivity contribution in [3.63, 3.8) is 0 Å². The molecule has 0 heterocycles. The number of unbranched alkanes of at least 4 members (excludes halogenated alkanes) is 8. The number of phenolic OH excluding ortho intramolecular Hbond substituents is 1. The second kappa shape index (κ2) is 9.55. The molecular formula is C22H30O3. The Morgan fingerprint density at radius 3 is 2.08 bits per heavy atom. The number of phenols is 1. The van der Waals surface area contributed by atoms with Gasteiger partial charge in [-0.2, -0.15) is 0 Å². The van der Waals surface area contributed by atoms with Gasteiger partial charge in [-0.1, -0.05) is 70.4 Å². The fourth-order valence-electron chi connectivity index (χ4n) is 3.54. The molecule has 136 valence electrons. The Kier molecular flexibility index (Phi) is 7.42. The van der Waals surface area contributed by atoms with Crippen LogP contribution in [0.5, 0.6) is 5.75 Å². The maximum absolute atomic E-state index is 12.7. The predicted octanol–water partition coefficient (Wildman–Crippen LogP) is 6.01. The van der Waals surface area contributed by atoms with Gasteiger partial charge in [-0.25, -0.2) is 0 Å². The topological polar surface area (TPSA) is 54.4 Å². The summed E-state index contributed by atoms with van der Waals surface area (Å²) in [6.45, 7) is 3.96. The minimum atomic E-state index is -0.176. The molecule has 0 atom stereocenters. The van der Waals surface area contributed by atoms with Crippen LogP contribution in [0, 0.1) is 0 Å². The Balaban J connectivity index is 1.84. The lowest BCUT2D eigenvalue weighted by Gasteiger charge is -2.19. The Labute approximate surface area is 151 Å². The molecule has 0 amide bonds. The van der Waals surface area contributed by atoms with Gasteiger partial charge in [0.15, 0.2) is 11.6 Å². The first kappa shape index (κ1) is 19.4. The van der Waals surface area contributed by atoms with Gasteiger partial charge in [0.2, 0.25) is 0 Å². The molecule has 1 aliphatic carbocycles. The zero-order chi connectivity index (χ0) is 18.2. The molecule has 25 heavy (non-hydrogen) atoms. The number of allylic oxidation sites excluding steroid dienone is 2. The number of carbonyl (C=O) groups is 2. The molecule has 0 saturated carbocycles. The van der Waals surface area contributed by atoms with Crippen molar-refractivity contribution in [3.8, 4) is 5.75 Å². The first-order chi connectivity index (χ1) is 12.1. The molecule has 1 aliphatic rings. The minimum absolute atomic E-state index is 0.0899. The molecule has 0 aliphatic heterocycles. The third-order valence-electron chi connectivity index (χ3n) is 5.11. The van der Waals surface area contributed by atoms with Gasteiger partial charge in [0, 0.05) is 16.7 Å². The highest BCUT2D eigenvalue weighted by Gasteiger charge is 2.31. The van der Waals surface area contributed by atoms with Gasteiger partial charge < -0.3 is 5.11 Å². The minimum Gasteiger partial charge on any atom is -0.507 e. The summed E-state index contributed by atoms with van der Waals surface area (Å²) in [5.74, 6) is -0.394. The van der Waals surface area contributed by atoms with Crippen molar-refractivity contribution in [2.24, 2.45) is 0 Å². The molecule has 0 radical (unpaired) electrons. The van der Waals surface area contributed by atoms with E-state index < -0.39 is 0 Å². The standard InChI is InChI=1S/C22H30O3/c1-3-4-5-6-7-8-9-10-11-13-17-16(2)21(24)18-14-12-15-19(23)20(18)22(17)25/h12,14-15,23H,3-11,13H2,1-2H3. The molecule has 0 unspecified atom stereocenters. The molecule has 1 aromatic carbocycles. The van der Waals surface area contributed by atoms with Crippen LogP contribution in [0.15, 0.2) is 29.3 Å². The van der Waals surface area contributed by atoms with Gasteiger partial charge in [0.25, 0.3) is 0 Å². The van der Waals surface area contributed by atoms with Crippen molar-refractivity contribution < 1.29 is 14.7 Å². The molecule has 3 nitrogen and oxygen atoms in total. The highest BCUT2D eigenvalue weighted by Crippen LogP contribution is 2.33. The van der Waals surface area contributed by atoms with Crippen LogP contribution in [0.25, 0.3) is 0 Å². The van der Waals surface area contributed by atoms with Crippen LogP contribution in [-0.2, 0) is 0 Å². The molecular weight excluding hydrogens is 312 g/mol. The van der Waals surface area contributed by atoms with Crippen LogP contribution in [0.4, 0.5) is 0 Å². The van der Waals surface area contributed by atoms with Gasteiger partial charge in [-0.05, 0) is 25.8 Å². The molecule has 0 aromatic heterocycles. The van der Waals surface area contributed by atoms with E-state index in [9.17, 15) is 14.7 Å². The number of aromatic hydroxyl groups is 1. The fourth-order valence-corrected chi connectivity index (χ4v) is 3.54. The van der Waals surface area contributed by atoms with Crippen molar-refractivity contribution in [1.82, 2.24) is 0 Å². The van der Waals surface area contributed by atoms with E-state index in [0.29, 0.717) is 23.1 Å². The lowest BCUT2D eigenvalue weighted by Crippen LogP contribution is -2.21. The second-order valence-corrected chi connectivity index (χ2v) is 7.04. The van der Waals surface area contributed by atoms with E-state index in [4.69, 9.17) is 0 Å². The predicted molar refractivity (Wildman–Crippen MR) is 101 cm³/mol. The second-order valence-electron chi connectivity index (χ2n) is 7.04. The summed E-state index contributed by atoms with van der Waals surface area (Å²) < 4.78 is 0. The van der Waals surface area contributed by atoms with Gasteiger partial charge in [0.1, 0.15) is 5.75 Å². The van der Waals surface area contributed by atoms with Gasteiger partial charge in [0.05, 0.1) is 5.56 Å². The van der Waals surface area contributed by atoms with E-state index in [1.807, 2.05) is 0 Å².